The van der Waals surface area contributed by atoms with Gasteiger partial charge in [-0.05, 0) is 12.1 Å². The molecule has 2 aromatic rings. The largest absolute Gasteiger partial charge is 0.505 e. The number of benzene rings is 1. The van der Waals surface area contributed by atoms with Gasteiger partial charge in [-0.25, -0.2) is 14.4 Å². The molecule has 0 spiro atoms. The van der Waals surface area contributed by atoms with Gasteiger partial charge in [-0.3, -0.25) is 4.79 Å². The molecule has 1 aromatic heterocycles. The van der Waals surface area contributed by atoms with Crippen molar-refractivity contribution in [1.82, 2.24) is 9.97 Å². The molecule has 0 saturated carbocycles. The molecule has 0 unspecified atom stereocenters. The van der Waals surface area contributed by atoms with Gasteiger partial charge in [0.25, 0.3) is 5.91 Å². The number of carbonyl (C=O) groups is 1. The zero-order valence-corrected chi connectivity index (χ0v) is 9.65. The first kappa shape index (κ1) is 12.3. The lowest BCUT2D eigenvalue weighted by Gasteiger charge is -2.05. The summed E-state index contributed by atoms with van der Waals surface area (Å²) >= 11 is 5.53. The number of carbonyl (C=O) groups excluding carboxylic acids is 1. The van der Waals surface area contributed by atoms with Crippen molar-refractivity contribution in [2.24, 2.45) is 0 Å². The molecule has 1 heterocycles. The van der Waals surface area contributed by atoms with E-state index in [2.05, 4.69) is 15.3 Å². The van der Waals surface area contributed by atoms with Crippen LogP contribution in [0.15, 0.2) is 30.6 Å². The number of nitrogens with zero attached hydrogens (tertiary/aromatic N) is 2. The molecule has 0 fully saturated rings. The summed E-state index contributed by atoms with van der Waals surface area (Å²) < 4.78 is 13.0. The fourth-order valence-electron chi connectivity index (χ4n) is 1.21. The van der Waals surface area contributed by atoms with Crippen LogP contribution in [0.4, 0.5) is 10.1 Å². The van der Waals surface area contributed by atoms with Crippen LogP contribution in [0.2, 0.25) is 5.15 Å². The van der Waals surface area contributed by atoms with Crippen molar-refractivity contribution in [2.75, 3.05) is 5.32 Å². The maximum absolute atomic E-state index is 13.0. The normalized spacial score (nSPS) is 10.1. The molecule has 7 heteroatoms. The van der Waals surface area contributed by atoms with E-state index in [1.165, 1.54) is 18.5 Å². The van der Waals surface area contributed by atoms with Gasteiger partial charge in [0, 0.05) is 11.8 Å². The van der Waals surface area contributed by atoms with Crippen molar-refractivity contribution < 1.29 is 14.3 Å². The van der Waals surface area contributed by atoms with Gasteiger partial charge in [0.15, 0.2) is 11.6 Å². The third-order valence-corrected chi connectivity index (χ3v) is 2.25. The minimum Gasteiger partial charge on any atom is -0.505 e. The van der Waals surface area contributed by atoms with Gasteiger partial charge < -0.3 is 10.4 Å². The molecule has 0 aliphatic rings. The third kappa shape index (κ3) is 2.72. The molecule has 2 rings (SSSR count). The smallest absolute Gasteiger partial charge is 0.275 e. The second kappa shape index (κ2) is 4.97. The Morgan fingerprint density at radius 1 is 1.33 bits per heavy atom. The molecule has 5 nitrogen and oxygen atoms in total. The molecule has 92 valence electrons. The first-order valence-corrected chi connectivity index (χ1v) is 5.21. The van der Waals surface area contributed by atoms with Crippen molar-refractivity contribution in [2.45, 2.75) is 0 Å². The summed E-state index contributed by atoms with van der Waals surface area (Å²) in [6, 6.07) is 3.49. The SMILES string of the molecule is O=C(Nc1ccc(O)c(F)c1)c1cnc(Cl)cn1. The highest BCUT2D eigenvalue weighted by atomic mass is 35.5. The summed E-state index contributed by atoms with van der Waals surface area (Å²) in [4.78, 5) is 19.1. The number of halogens is 2. The van der Waals surface area contributed by atoms with Gasteiger partial charge in [0.05, 0.1) is 12.4 Å². The zero-order chi connectivity index (χ0) is 13.1. The first-order chi connectivity index (χ1) is 8.56. The topological polar surface area (TPSA) is 75.1 Å². The average molecular weight is 268 g/mol. The van der Waals surface area contributed by atoms with Gasteiger partial charge in [-0.15, -0.1) is 0 Å². The zero-order valence-electron chi connectivity index (χ0n) is 8.89. The highest BCUT2D eigenvalue weighted by Gasteiger charge is 2.09. The molecule has 0 radical (unpaired) electrons. The fourth-order valence-corrected chi connectivity index (χ4v) is 1.31. The van der Waals surface area contributed by atoms with Crippen molar-refractivity contribution in [3.63, 3.8) is 0 Å². The van der Waals surface area contributed by atoms with Crippen LogP contribution in [0.5, 0.6) is 5.75 Å². The van der Waals surface area contributed by atoms with Crippen LogP contribution in [0, 0.1) is 5.82 Å². The summed E-state index contributed by atoms with van der Waals surface area (Å²) in [6.07, 6.45) is 2.43. The summed E-state index contributed by atoms with van der Waals surface area (Å²) in [5.74, 6) is -1.86. The van der Waals surface area contributed by atoms with Crippen LogP contribution in [0.25, 0.3) is 0 Å². The Hall–Kier alpha value is -2.21. The van der Waals surface area contributed by atoms with Crippen molar-refractivity contribution >= 4 is 23.2 Å². The van der Waals surface area contributed by atoms with Crippen molar-refractivity contribution in [1.29, 1.82) is 0 Å². The number of rotatable bonds is 2. The summed E-state index contributed by atoms with van der Waals surface area (Å²) in [5.41, 5.74) is 0.250. The standard InChI is InChI=1S/C11H7ClFN3O2/c12-10-5-14-8(4-15-10)11(18)16-6-1-2-9(17)7(13)3-6/h1-5,17H,(H,16,18). The Kier molecular flexibility index (Phi) is 3.38. The highest BCUT2D eigenvalue weighted by molar-refractivity contribution is 6.29. The van der Waals surface area contributed by atoms with Crippen LogP contribution in [0.3, 0.4) is 0 Å². The van der Waals surface area contributed by atoms with Gasteiger partial charge >= 0.3 is 0 Å². The van der Waals surface area contributed by atoms with Crippen LogP contribution >= 0.6 is 11.6 Å². The lowest BCUT2D eigenvalue weighted by atomic mass is 10.3. The number of anilines is 1. The lowest BCUT2D eigenvalue weighted by Crippen LogP contribution is -2.14. The molecule has 0 bridgehead atoms. The second-order valence-electron chi connectivity index (χ2n) is 3.34. The molecule has 18 heavy (non-hydrogen) atoms. The molecule has 0 aliphatic carbocycles. The number of aromatic hydroxyl groups is 1. The van der Waals surface area contributed by atoms with Gasteiger partial charge in [0.1, 0.15) is 10.8 Å². The van der Waals surface area contributed by atoms with Crippen LogP contribution in [-0.4, -0.2) is 21.0 Å². The maximum Gasteiger partial charge on any atom is 0.275 e. The number of hydrogen-bond donors (Lipinski definition) is 2. The minimum atomic E-state index is -0.824. The first-order valence-electron chi connectivity index (χ1n) is 4.83. The van der Waals surface area contributed by atoms with Gasteiger partial charge in [-0.2, -0.15) is 0 Å². The van der Waals surface area contributed by atoms with Crippen molar-refractivity contribution in [3.8, 4) is 5.75 Å². The highest BCUT2D eigenvalue weighted by Crippen LogP contribution is 2.19. The molecule has 0 saturated heterocycles. The summed E-state index contributed by atoms with van der Waals surface area (Å²) in [6.45, 7) is 0. The molecular weight excluding hydrogens is 261 g/mol. The summed E-state index contributed by atoms with van der Waals surface area (Å²) in [5, 5.41) is 11.6. The fraction of sp³-hybridized carbons (Fsp3) is 0. The number of nitrogens with one attached hydrogen (secondary N) is 1. The quantitative estimate of drug-likeness (QED) is 0.818. The van der Waals surface area contributed by atoms with E-state index in [9.17, 15) is 9.18 Å². The molecular formula is C11H7ClFN3O2. The van der Waals surface area contributed by atoms with E-state index in [1.54, 1.807) is 0 Å². The number of phenolic OH excluding ortho intramolecular Hbond substituents is 1. The Morgan fingerprint density at radius 2 is 2.11 bits per heavy atom. The number of hydrogen-bond acceptors (Lipinski definition) is 4. The molecule has 0 aliphatic heterocycles. The number of phenols is 1. The van der Waals surface area contributed by atoms with E-state index in [0.29, 0.717) is 0 Å². The predicted molar refractivity (Wildman–Crippen MR) is 63.1 cm³/mol. The number of aromatic nitrogens is 2. The van der Waals surface area contributed by atoms with E-state index >= 15 is 0 Å². The maximum atomic E-state index is 13.0. The van der Waals surface area contributed by atoms with E-state index in [1.807, 2.05) is 0 Å². The van der Waals surface area contributed by atoms with Gasteiger partial charge in [-0.1, -0.05) is 11.6 Å². The predicted octanol–water partition coefficient (Wildman–Crippen LogP) is 2.23. The molecule has 2 N–H and O–H groups in total. The van der Waals surface area contributed by atoms with Gasteiger partial charge in [0.2, 0.25) is 0 Å². The van der Waals surface area contributed by atoms with E-state index in [4.69, 9.17) is 16.7 Å². The summed E-state index contributed by atoms with van der Waals surface area (Å²) in [7, 11) is 0. The monoisotopic (exact) mass is 267 g/mol. The van der Waals surface area contributed by atoms with Crippen LogP contribution in [0.1, 0.15) is 10.5 Å². The van der Waals surface area contributed by atoms with Crippen LogP contribution in [-0.2, 0) is 0 Å². The Bertz CT molecular complexity index is 589. The average Bonchev–Trinajstić information content (AvgIpc) is 2.34. The molecule has 0 atom stereocenters. The molecule has 1 aromatic carbocycles. The second-order valence-corrected chi connectivity index (χ2v) is 3.73. The number of amides is 1. The van der Waals surface area contributed by atoms with E-state index in [0.717, 1.165) is 12.1 Å². The van der Waals surface area contributed by atoms with Crippen LogP contribution < -0.4 is 5.32 Å². The Morgan fingerprint density at radius 3 is 2.72 bits per heavy atom. The van der Waals surface area contributed by atoms with E-state index < -0.39 is 17.5 Å². The lowest BCUT2D eigenvalue weighted by molar-refractivity contribution is 0.102. The van der Waals surface area contributed by atoms with Crippen molar-refractivity contribution in [3.05, 3.63) is 47.3 Å². The Labute approximate surface area is 106 Å². The van der Waals surface area contributed by atoms with E-state index in [-0.39, 0.29) is 16.5 Å². The minimum absolute atomic E-state index is 0.0490. The molecule has 1 amide bonds. The Balaban J connectivity index is 2.16. The third-order valence-electron chi connectivity index (χ3n) is 2.06.